The Balaban J connectivity index is 4.53. The molecule has 0 saturated carbocycles. The number of rotatable bonds is 19. The van der Waals surface area contributed by atoms with Gasteiger partial charge in [-0.2, -0.15) is 0 Å². The van der Waals surface area contributed by atoms with Gasteiger partial charge in [0.15, 0.2) is 0 Å². The minimum Gasteiger partial charge on any atom is -0.370 e. The summed E-state index contributed by atoms with van der Waals surface area (Å²) in [7, 11) is 0. The monoisotopic (exact) mass is 484 g/mol. The van der Waals surface area contributed by atoms with Gasteiger partial charge in [-0.1, -0.05) is 19.8 Å². The largest absolute Gasteiger partial charge is 0.370 e. The summed E-state index contributed by atoms with van der Waals surface area (Å²) in [6, 6.07) is 0. The molecule has 34 heavy (non-hydrogen) atoms. The first kappa shape index (κ1) is 30.8. The average molecular weight is 485 g/mol. The molecule has 0 aliphatic heterocycles. The van der Waals surface area contributed by atoms with E-state index in [1.54, 1.807) is 6.92 Å². The third-order valence-electron chi connectivity index (χ3n) is 5.03. The maximum absolute atomic E-state index is 12.5. The summed E-state index contributed by atoms with van der Waals surface area (Å²) in [5, 5.41) is 7.91. The molecule has 1 unspecified atom stereocenters. The maximum atomic E-state index is 12.5. The second kappa shape index (κ2) is 18.3. The molecule has 6 amide bonds. The van der Waals surface area contributed by atoms with Crippen LogP contribution in [0.25, 0.3) is 0 Å². The molecule has 0 aromatic heterocycles. The Bertz CT molecular complexity index is 699. The van der Waals surface area contributed by atoms with E-state index in [-0.39, 0.29) is 49.7 Å². The molecule has 0 aliphatic carbocycles. The molecule has 0 aromatic carbocycles. The standard InChI is InChI=1S/C22H40N6O6/c1-16(22(24)34)8-5-7-12-27-20(32)15-28(21(33)10-13-25-17(2)29)14-19(31)26-11-6-3-4-9-18(23)30/h16H,3-15H2,1-2H3,(H2,23,30)(H2,24,34)(H,25,29)(H,26,31)(H,27,32). The third kappa shape index (κ3) is 17.4. The number of nitrogens with two attached hydrogens (primary N) is 2. The normalized spacial score (nSPS) is 11.2. The Morgan fingerprint density at radius 1 is 0.735 bits per heavy atom. The number of carbonyl (C=O) groups is 6. The van der Waals surface area contributed by atoms with Gasteiger partial charge < -0.3 is 32.3 Å². The first-order valence-corrected chi connectivity index (χ1v) is 11.7. The van der Waals surface area contributed by atoms with Crippen LogP contribution in [0, 0.1) is 5.92 Å². The molecule has 0 bridgehead atoms. The molecule has 0 rings (SSSR count). The van der Waals surface area contributed by atoms with Crippen molar-refractivity contribution in [3.05, 3.63) is 0 Å². The molecule has 0 radical (unpaired) electrons. The van der Waals surface area contributed by atoms with Crippen LogP contribution >= 0.6 is 0 Å². The van der Waals surface area contributed by atoms with E-state index < -0.39 is 17.7 Å². The highest BCUT2D eigenvalue weighted by molar-refractivity contribution is 5.89. The van der Waals surface area contributed by atoms with Gasteiger partial charge in [-0.25, -0.2) is 0 Å². The van der Waals surface area contributed by atoms with E-state index in [9.17, 15) is 28.8 Å². The number of hydrogen-bond acceptors (Lipinski definition) is 6. The Morgan fingerprint density at radius 3 is 1.79 bits per heavy atom. The van der Waals surface area contributed by atoms with Gasteiger partial charge in [0.05, 0.1) is 0 Å². The SMILES string of the molecule is CC(=O)NCCC(=O)N(CC(=O)NCCCCCC(N)=O)CC(=O)NCCCCC(C)C(N)=O. The predicted molar refractivity (Wildman–Crippen MR) is 126 cm³/mol. The Hall–Kier alpha value is -3.18. The summed E-state index contributed by atoms with van der Waals surface area (Å²) in [5.41, 5.74) is 10.3. The van der Waals surface area contributed by atoms with E-state index in [2.05, 4.69) is 16.0 Å². The highest BCUT2D eigenvalue weighted by Gasteiger charge is 2.20. The summed E-state index contributed by atoms with van der Waals surface area (Å²) >= 11 is 0. The van der Waals surface area contributed by atoms with Gasteiger partial charge in [0.1, 0.15) is 13.1 Å². The molecule has 12 heteroatoms. The van der Waals surface area contributed by atoms with Crippen LogP contribution < -0.4 is 27.4 Å². The lowest BCUT2D eigenvalue weighted by molar-refractivity contribution is -0.139. The van der Waals surface area contributed by atoms with Gasteiger partial charge in [0.25, 0.3) is 0 Å². The quantitative estimate of drug-likeness (QED) is 0.144. The molecular formula is C22H40N6O6. The predicted octanol–water partition coefficient (Wildman–Crippen LogP) is -1.09. The second-order valence-corrected chi connectivity index (χ2v) is 8.26. The molecule has 7 N–H and O–H groups in total. The van der Waals surface area contributed by atoms with Crippen molar-refractivity contribution in [2.24, 2.45) is 17.4 Å². The lowest BCUT2D eigenvalue weighted by Gasteiger charge is -2.22. The van der Waals surface area contributed by atoms with Crippen LogP contribution in [-0.4, -0.2) is 73.1 Å². The van der Waals surface area contributed by atoms with Gasteiger partial charge in [-0.15, -0.1) is 0 Å². The van der Waals surface area contributed by atoms with Gasteiger partial charge in [0.2, 0.25) is 35.4 Å². The van der Waals surface area contributed by atoms with E-state index in [0.717, 1.165) is 11.3 Å². The number of unbranched alkanes of at least 4 members (excludes halogenated alkanes) is 3. The molecule has 0 saturated heterocycles. The number of nitrogens with zero attached hydrogens (tertiary/aromatic N) is 1. The van der Waals surface area contributed by atoms with Crippen LogP contribution in [0.5, 0.6) is 0 Å². The van der Waals surface area contributed by atoms with Crippen molar-refractivity contribution in [2.75, 3.05) is 32.7 Å². The third-order valence-corrected chi connectivity index (χ3v) is 5.03. The van der Waals surface area contributed by atoms with Crippen LogP contribution in [0.4, 0.5) is 0 Å². The Morgan fingerprint density at radius 2 is 1.29 bits per heavy atom. The van der Waals surface area contributed by atoms with Crippen LogP contribution in [-0.2, 0) is 28.8 Å². The van der Waals surface area contributed by atoms with Gasteiger partial charge in [0, 0.05) is 45.3 Å². The number of nitrogens with one attached hydrogen (secondary N) is 3. The average Bonchev–Trinajstić information content (AvgIpc) is 2.74. The minimum atomic E-state index is -0.434. The summed E-state index contributed by atoms with van der Waals surface area (Å²) in [6.07, 6.45) is 4.26. The van der Waals surface area contributed by atoms with Gasteiger partial charge in [-0.3, -0.25) is 28.8 Å². The van der Waals surface area contributed by atoms with Crippen molar-refractivity contribution in [3.63, 3.8) is 0 Å². The number of primary amides is 2. The van der Waals surface area contributed by atoms with Gasteiger partial charge >= 0.3 is 0 Å². The molecule has 0 spiro atoms. The minimum absolute atomic E-state index is 0.0434. The summed E-state index contributed by atoms with van der Waals surface area (Å²) in [5.74, 6) is -2.48. The highest BCUT2D eigenvalue weighted by Crippen LogP contribution is 2.06. The number of carbonyl (C=O) groups excluding carboxylic acids is 6. The Kier molecular flexibility index (Phi) is 16.6. The molecular weight excluding hydrogens is 444 g/mol. The van der Waals surface area contributed by atoms with Crippen LogP contribution in [0.3, 0.4) is 0 Å². The van der Waals surface area contributed by atoms with E-state index in [1.807, 2.05) is 0 Å². The number of amides is 6. The van der Waals surface area contributed by atoms with Crippen LogP contribution in [0.2, 0.25) is 0 Å². The summed E-state index contributed by atoms with van der Waals surface area (Å²) in [6.45, 7) is 3.35. The van der Waals surface area contributed by atoms with Crippen molar-refractivity contribution in [1.29, 1.82) is 0 Å². The smallest absolute Gasteiger partial charge is 0.239 e. The molecule has 0 fully saturated rings. The zero-order chi connectivity index (χ0) is 25.9. The molecule has 0 heterocycles. The van der Waals surface area contributed by atoms with Crippen molar-refractivity contribution >= 4 is 35.4 Å². The number of hydrogen-bond donors (Lipinski definition) is 5. The van der Waals surface area contributed by atoms with Crippen molar-refractivity contribution in [2.45, 2.75) is 65.2 Å². The summed E-state index contributed by atoms with van der Waals surface area (Å²) < 4.78 is 0. The first-order chi connectivity index (χ1) is 16.0. The fraction of sp³-hybridized carbons (Fsp3) is 0.727. The Labute approximate surface area is 200 Å². The fourth-order valence-electron chi connectivity index (χ4n) is 2.97. The van der Waals surface area contributed by atoms with Crippen LogP contribution in [0.15, 0.2) is 0 Å². The lowest BCUT2D eigenvalue weighted by atomic mass is 10.0. The van der Waals surface area contributed by atoms with Crippen molar-refractivity contribution in [1.82, 2.24) is 20.9 Å². The van der Waals surface area contributed by atoms with Crippen molar-refractivity contribution < 1.29 is 28.8 Å². The molecule has 0 aromatic rings. The molecule has 12 nitrogen and oxygen atoms in total. The topological polar surface area (TPSA) is 194 Å². The zero-order valence-electron chi connectivity index (χ0n) is 20.3. The second-order valence-electron chi connectivity index (χ2n) is 8.26. The molecule has 0 aliphatic rings. The van der Waals surface area contributed by atoms with Gasteiger partial charge in [-0.05, 0) is 25.7 Å². The zero-order valence-corrected chi connectivity index (χ0v) is 20.3. The highest BCUT2D eigenvalue weighted by atomic mass is 16.2. The van der Waals surface area contributed by atoms with E-state index in [4.69, 9.17) is 11.5 Å². The molecule has 1 atom stereocenters. The molecule has 194 valence electrons. The van der Waals surface area contributed by atoms with E-state index in [0.29, 0.717) is 51.6 Å². The summed E-state index contributed by atoms with van der Waals surface area (Å²) in [4.78, 5) is 71.0. The van der Waals surface area contributed by atoms with Crippen molar-refractivity contribution in [3.8, 4) is 0 Å². The fourth-order valence-corrected chi connectivity index (χ4v) is 2.97. The lowest BCUT2D eigenvalue weighted by Crippen LogP contribution is -2.46. The van der Waals surface area contributed by atoms with E-state index in [1.165, 1.54) is 6.92 Å². The van der Waals surface area contributed by atoms with E-state index >= 15 is 0 Å². The maximum Gasteiger partial charge on any atom is 0.239 e. The first-order valence-electron chi connectivity index (χ1n) is 11.7. The van der Waals surface area contributed by atoms with Crippen LogP contribution in [0.1, 0.15) is 65.2 Å².